The summed E-state index contributed by atoms with van der Waals surface area (Å²) in [5, 5.41) is 0. The summed E-state index contributed by atoms with van der Waals surface area (Å²) >= 11 is 0. The Bertz CT molecular complexity index is 530. The molecular formula is C30H60O4S. The molecule has 0 rings (SSSR count). The maximum absolute atomic E-state index is 10.4. The fourth-order valence-corrected chi connectivity index (χ4v) is 4.96. The summed E-state index contributed by atoms with van der Waals surface area (Å²) in [7, 11) is -4.26. The van der Waals surface area contributed by atoms with Crippen LogP contribution in [-0.4, -0.2) is 19.6 Å². The fourth-order valence-electron chi connectivity index (χ4n) is 4.64. The molecule has 0 unspecified atom stereocenters. The SMILES string of the molecule is CCCCCCCCCCCCCCC=CCCCCCCCCCCCCCCOS(=O)(=O)O. The second-order valence-corrected chi connectivity index (χ2v) is 11.5. The highest BCUT2D eigenvalue weighted by Crippen LogP contribution is 2.14. The number of allylic oxidation sites excluding steroid dienone is 2. The van der Waals surface area contributed by atoms with E-state index in [0.29, 0.717) is 6.42 Å². The highest BCUT2D eigenvalue weighted by atomic mass is 32.3. The Morgan fingerprint density at radius 1 is 0.486 bits per heavy atom. The van der Waals surface area contributed by atoms with Crippen LogP contribution in [-0.2, 0) is 14.6 Å². The van der Waals surface area contributed by atoms with E-state index in [1.54, 1.807) is 0 Å². The smallest absolute Gasteiger partial charge is 0.264 e. The van der Waals surface area contributed by atoms with Gasteiger partial charge in [0.05, 0.1) is 6.61 Å². The van der Waals surface area contributed by atoms with Crippen LogP contribution in [0.2, 0.25) is 0 Å². The predicted octanol–water partition coefficient (Wildman–Crippen LogP) is 10.5. The zero-order chi connectivity index (χ0) is 25.7. The van der Waals surface area contributed by atoms with Gasteiger partial charge in [-0.3, -0.25) is 4.55 Å². The van der Waals surface area contributed by atoms with Crippen LogP contribution >= 0.6 is 0 Å². The summed E-state index contributed by atoms with van der Waals surface area (Å²) in [4.78, 5) is 0. The van der Waals surface area contributed by atoms with Gasteiger partial charge < -0.3 is 0 Å². The molecule has 0 aliphatic heterocycles. The molecule has 4 nitrogen and oxygen atoms in total. The maximum Gasteiger partial charge on any atom is 0.397 e. The maximum atomic E-state index is 10.4. The van der Waals surface area contributed by atoms with Crippen molar-refractivity contribution in [3.8, 4) is 0 Å². The molecule has 5 heteroatoms. The monoisotopic (exact) mass is 516 g/mol. The Morgan fingerprint density at radius 3 is 1.09 bits per heavy atom. The molecule has 0 aromatic heterocycles. The summed E-state index contributed by atoms with van der Waals surface area (Å²) in [6.07, 6.45) is 39.2. The molecule has 0 aliphatic carbocycles. The minimum absolute atomic E-state index is 0.0913. The number of unbranched alkanes of at least 4 members (excludes halogenated alkanes) is 24. The largest absolute Gasteiger partial charge is 0.397 e. The molecule has 1 N–H and O–H groups in total. The molecule has 0 saturated carbocycles. The van der Waals surface area contributed by atoms with Gasteiger partial charge in [0.15, 0.2) is 0 Å². The fraction of sp³-hybridized carbons (Fsp3) is 0.933. The Kier molecular flexibility index (Phi) is 27.9. The molecule has 0 aliphatic rings. The van der Waals surface area contributed by atoms with Gasteiger partial charge in [0.25, 0.3) is 0 Å². The van der Waals surface area contributed by atoms with E-state index in [-0.39, 0.29) is 6.61 Å². The van der Waals surface area contributed by atoms with Crippen molar-refractivity contribution in [2.75, 3.05) is 6.61 Å². The van der Waals surface area contributed by atoms with E-state index < -0.39 is 10.4 Å². The van der Waals surface area contributed by atoms with E-state index >= 15 is 0 Å². The minimum Gasteiger partial charge on any atom is -0.264 e. The molecule has 0 saturated heterocycles. The summed E-state index contributed by atoms with van der Waals surface area (Å²) in [5.74, 6) is 0. The second kappa shape index (κ2) is 28.2. The predicted molar refractivity (Wildman–Crippen MR) is 152 cm³/mol. The van der Waals surface area contributed by atoms with Crippen molar-refractivity contribution in [1.82, 2.24) is 0 Å². The first-order valence-electron chi connectivity index (χ1n) is 15.3. The lowest BCUT2D eigenvalue weighted by Crippen LogP contribution is -2.04. The quantitative estimate of drug-likeness (QED) is 0.0610. The van der Waals surface area contributed by atoms with Gasteiger partial charge in [-0.05, 0) is 32.1 Å². The van der Waals surface area contributed by atoms with Gasteiger partial charge in [0, 0.05) is 0 Å². The van der Waals surface area contributed by atoms with Crippen LogP contribution in [0.3, 0.4) is 0 Å². The molecule has 0 amide bonds. The van der Waals surface area contributed by atoms with Crippen LogP contribution in [0.4, 0.5) is 0 Å². The summed E-state index contributed by atoms with van der Waals surface area (Å²) in [6.45, 7) is 2.38. The van der Waals surface area contributed by atoms with Crippen LogP contribution in [0.5, 0.6) is 0 Å². The van der Waals surface area contributed by atoms with Gasteiger partial charge in [-0.25, -0.2) is 4.18 Å². The minimum atomic E-state index is -4.26. The third kappa shape index (κ3) is 33.6. The van der Waals surface area contributed by atoms with Crippen molar-refractivity contribution in [1.29, 1.82) is 0 Å². The molecule has 0 aromatic carbocycles. The number of hydrogen-bond donors (Lipinski definition) is 1. The lowest BCUT2D eigenvalue weighted by molar-refractivity contribution is 0.261. The first-order valence-corrected chi connectivity index (χ1v) is 16.7. The van der Waals surface area contributed by atoms with Crippen molar-refractivity contribution in [2.45, 2.75) is 174 Å². The van der Waals surface area contributed by atoms with Crippen molar-refractivity contribution in [3.05, 3.63) is 12.2 Å². The number of hydrogen-bond acceptors (Lipinski definition) is 3. The van der Waals surface area contributed by atoms with E-state index in [4.69, 9.17) is 4.55 Å². The van der Waals surface area contributed by atoms with Crippen LogP contribution in [0.1, 0.15) is 174 Å². The lowest BCUT2D eigenvalue weighted by atomic mass is 10.0. The van der Waals surface area contributed by atoms with Crippen molar-refractivity contribution < 1.29 is 17.2 Å². The lowest BCUT2D eigenvalue weighted by Gasteiger charge is -2.03. The molecule has 0 fully saturated rings. The molecule has 0 aromatic rings. The Morgan fingerprint density at radius 2 is 0.771 bits per heavy atom. The van der Waals surface area contributed by atoms with Gasteiger partial charge in [-0.1, -0.05) is 154 Å². The molecule has 210 valence electrons. The Hall–Kier alpha value is -0.390. The van der Waals surface area contributed by atoms with Crippen molar-refractivity contribution in [3.63, 3.8) is 0 Å². The van der Waals surface area contributed by atoms with Crippen LogP contribution < -0.4 is 0 Å². The second-order valence-electron chi connectivity index (χ2n) is 10.4. The van der Waals surface area contributed by atoms with E-state index in [0.717, 1.165) is 12.8 Å². The molecule has 0 atom stereocenters. The molecule has 35 heavy (non-hydrogen) atoms. The average Bonchev–Trinajstić information content (AvgIpc) is 2.82. The van der Waals surface area contributed by atoms with Gasteiger partial charge in [-0.15, -0.1) is 0 Å². The van der Waals surface area contributed by atoms with Crippen molar-refractivity contribution in [2.24, 2.45) is 0 Å². The highest BCUT2D eigenvalue weighted by molar-refractivity contribution is 7.80. The first-order chi connectivity index (χ1) is 17.1. The first kappa shape index (κ1) is 34.6. The molecule has 0 bridgehead atoms. The summed E-state index contributed by atoms with van der Waals surface area (Å²) < 4.78 is 33.6. The van der Waals surface area contributed by atoms with E-state index in [1.165, 1.54) is 148 Å². The van der Waals surface area contributed by atoms with E-state index in [1.807, 2.05) is 0 Å². The highest BCUT2D eigenvalue weighted by Gasteiger charge is 2.02. The van der Waals surface area contributed by atoms with Crippen LogP contribution in [0.15, 0.2) is 12.2 Å². The van der Waals surface area contributed by atoms with Crippen molar-refractivity contribution >= 4 is 10.4 Å². The standard InChI is InChI=1S/C30H60O4S/c1-2-3-4-5-6-7-8-9-10-11-12-13-14-15-16-17-18-19-20-21-22-23-24-25-26-27-28-29-30-34-35(31,32)33/h15-16H,2-14,17-30H2,1H3,(H,31,32,33). The molecule has 0 radical (unpaired) electrons. The van der Waals surface area contributed by atoms with E-state index in [9.17, 15) is 8.42 Å². The Labute approximate surface area is 220 Å². The van der Waals surface area contributed by atoms with Crippen LogP contribution in [0.25, 0.3) is 0 Å². The summed E-state index contributed by atoms with van der Waals surface area (Å²) in [5.41, 5.74) is 0. The normalized spacial score (nSPS) is 12.2. The number of rotatable bonds is 29. The zero-order valence-electron chi connectivity index (χ0n) is 23.3. The van der Waals surface area contributed by atoms with Gasteiger partial charge in [-0.2, -0.15) is 8.42 Å². The topological polar surface area (TPSA) is 63.6 Å². The summed E-state index contributed by atoms with van der Waals surface area (Å²) in [6, 6.07) is 0. The third-order valence-electron chi connectivity index (χ3n) is 6.89. The van der Waals surface area contributed by atoms with Gasteiger partial charge >= 0.3 is 10.4 Å². The zero-order valence-corrected chi connectivity index (χ0v) is 24.1. The Balaban J connectivity index is 3.11. The molecule has 0 heterocycles. The van der Waals surface area contributed by atoms with Gasteiger partial charge in [0.2, 0.25) is 0 Å². The van der Waals surface area contributed by atoms with E-state index in [2.05, 4.69) is 23.3 Å². The van der Waals surface area contributed by atoms with Gasteiger partial charge in [0.1, 0.15) is 0 Å². The van der Waals surface area contributed by atoms with Crippen LogP contribution in [0, 0.1) is 0 Å². The third-order valence-corrected chi connectivity index (χ3v) is 7.35. The molecule has 0 spiro atoms. The average molecular weight is 517 g/mol. The molecular weight excluding hydrogens is 456 g/mol.